The molecule has 0 aliphatic carbocycles. The highest BCUT2D eigenvalue weighted by Gasteiger charge is 2.35. The van der Waals surface area contributed by atoms with Crippen LogP contribution < -0.4 is 14.4 Å². The summed E-state index contributed by atoms with van der Waals surface area (Å²) in [7, 11) is 0. The smallest absolute Gasteiger partial charge is 0.417 e. The summed E-state index contributed by atoms with van der Waals surface area (Å²) in [5.74, 6) is -0.822. The van der Waals surface area contributed by atoms with Gasteiger partial charge in [-0.3, -0.25) is 0 Å². The van der Waals surface area contributed by atoms with Gasteiger partial charge in [-0.15, -0.1) is 11.3 Å². The van der Waals surface area contributed by atoms with Crippen molar-refractivity contribution in [1.82, 2.24) is 0 Å². The van der Waals surface area contributed by atoms with Crippen LogP contribution in [-0.2, 0) is 11.0 Å². The van der Waals surface area contributed by atoms with Gasteiger partial charge in [-0.2, -0.15) is 18.4 Å². The standard InChI is InChI=1S/C39H25F3N2O4S/c40-39(41,42)32-22-27(14-13-26(32)21-28(23-43)38(45)46)37-35-34(47-19-20-48-35)36(49-37)25-15-17-30(18-16-25)44(29-9-2-1-3-10-29)33-12-6-8-24-7-4-5-11-31(24)33/h1-18,21-22H,19-20H2,(H,45,46)/b28-21-. The highest BCUT2D eigenvalue weighted by Crippen LogP contribution is 2.54. The minimum atomic E-state index is -4.82. The molecular formula is C39H25F3N2O4S. The second-order valence-corrected chi connectivity index (χ2v) is 12.1. The zero-order chi connectivity index (χ0) is 34.1. The number of nitriles is 1. The first kappa shape index (κ1) is 31.5. The van der Waals surface area contributed by atoms with Crippen LogP contribution in [0.5, 0.6) is 11.5 Å². The number of rotatable bonds is 7. The number of carboxylic acid groups (broad SMARTS) is 1. The molecule has 1 aliphatic heterocycles. The quantitative estimate of drug-likeness (QED) is 0.134. The molecule has 1 aliphatic rings. The fourth-order valence-corrected chi connectivity index (χ4v) is 7.06. The molecule has 0 fully saturated rings. The van der Waals surface area contributed by atoms with Gasteiger partial charge in [0, 0.05) is 16.8 Å². The molecular weight excluding hydrogens is 650 g/mol. The van der Waals surface area contributed by atoms with E-state index in [-0.39, 0.29) is 18.8 Å². The summed E-state index contributed by atoms with van der Waals surface area (Å²) in [5, 5.41) is 20.5. The number of nitrogens with zero attached hydrogens (tertiary/aromatic N) is 2. The normalized spacial score (nSPS) is 12.8. The molecule has 10 heteroatoms. The molecule has 242 valence electrons. The lowest BCUT2D eigenvalue weighted by Crippen LogP contribution is -2.15. The largest absolute Gasteiger partial charge is 0.485 e. The van der Waals surface area contributed by atoms with Crippen LogP contribution in [0.4, 0.5) is 30.2 Å². The van der Waals surface area contributed by atoms with E-state index >= 15 is 0 Å². The zero-order valence-corrected chi connectivity index (χ0v) is 26.4. The molecule has 5 aromatic carbocycles. The Bertz CT molecular complexity index is 2270. The molecule has 0 bridgehead atoms. The highest BCUT2D eigenvalue weighted by molar-refractivity contribution is 7.19. The fraction of sp³-hybridized carbons (Fsp3) is 0.0769. The maximum Gasteiger partial charge on any atom is 0.417 e. The summed E-state index contributed by atoms with van der Waals surface area (Å²) < 4.78 is 54.7. The number of ether oxygens (including phenoxy) is 2. The Hall–Kier alpha value is -6.05. The van der Waals surface area contributed by atoms with Gasteiger partial charge in [0.15, 0.2) is 11.5 Å². The third kappa shape index (κ3) is 6.08. The molecule has 0 saturated carbocycles. The Morgan fingerprint density at radius 1 is 0.796 bits per heavy atom. The van der Waals surface area contributed by atoms with Crippen molar-refractivity contribution in [3.63, 3.8) is 0 Å². The number of para-hydroxylation sites is 1. The first-order valence-electron chi connectivity index (χ1n) is 15.2. The Morgan fingerprint density at radius 3 is 2.08 bits per heavy atom. The van der Waals surface area contributed by atoms with E-state index in [4.69, 9.17) is 14.7 Å². The number of carboxylic acids is 1. The summed E-state index contributed by atoms with van der Waals surface area (Å²) in [6, 6.07) is 37.3. The average molecular weight is 675 g/mol. The van der Waals surface area contributed by atoms with E-state index in [1.165, 1.54) is 23.5 Å². The van der Waals surface area contributed by atoms with Crippen LogP contribution in [0.15, 0.2) is 121 Å². The number of hydrogen-bond donors (Lipinski definition) is 1. The molecule has 0 amide bonds. The van der Waals surface area contributed by atoms with Crippen LogP contribution in [0, 0.1) is 11.3 Å². The summed E-state index contributed by atoms with van der Waals surface area (Å²) in [6.07, 6.45) is -4.09. The average Bonchev–Trinajstić information content (AvgIpc) is 3.51. The van der Waals surface area contributed by atoms with E-state index in [1.54, 1.807) is 0 Å². The number of anilines is 3. The van der Waals surface area contributed by atoms with E-state index in [0.29, 0.717) is 21.3 Å². The molecule has 0 atom stereocenters. The molecule has 6 nitrogen and oxygen atoms in total. The topological polar surface area (TPSA) is 82.8 Å². The number of carbonyl (C=O) groups is 1. The maximum atomic E-state index is 14.2. The van der Waals surface area contributed by atoms with Crippen molar-refractivity contribution < 1.29 is 32.5 Å². The molecule has 6 aromatic rings. The van der Waals surface area contributed by atoms with Gasteiger partial charge in [0.05, 0.1) is 21.0 Å². The minimum Gasteiger partial charge on any atom is -0.485 e. The lowest BCUT2D eigenvalue weighted by molar-refractivity contribution is -0.138. The van der Waals surface area contributed by atoms with Gasteiger partial charge in [-0.25, -0.2) is 4.79 Å². The highest BCUT2D eigenvalue weighted by atomic mass is 32.1. The van der Waals surface area contributed by atoms with Gasteiger partial charge >= 0.3 is 12.1 Å². The number of fused-ring (bicyclic) bond motifs is 2. The summed E-state index contributed by atoms with van der Waals surface area (Å²) >= 11 is 1.25. The fourth-order valence-electron chi connectivity index (χ4n) is 5.87. The number of hydrogen-bond acceptors (Lipinski definition) is 6. The van der Waals surface area contributed by atoms with E-state index in [2.05, 4.69) is 29.2 Å². The summed E-state index contributed by atoms with van der Waals surface area (Å²) in [5.41, 5.74) is 1.60. The molecule has 49 heavy (non-hydrogen) atoms. The van der Waals surface area contributed by atoms with Gasteiger partial charge in [0.25, 0.3) is 0 Å². The monoisotopic (exact) mass is 674 g/mol. The van der Waals surface area contributed by atoms with Gasteiger partial charge in [-0.1, -0.05) is 78.9 Å². The SMILES string of the molecule is N#C/C(=C/c1ccc(-c2sc(-c3ccc(N(c4ccccc4)c4cccc5ccccc45)cc3)c3c2OCCO3)cc1C(F)(F)F)C(=O)O. The van der Waals surface area contributed by atoms with Gasteiger partial charge in [0.1, 0.15) is 24.9 Å². The van der Waals surface area contributed by atoms with Crippen molar-refractivity contribution in [1.29, 1.82) is 5.26 Å². The Balaban J connectivity index is 1.31. The third-order valence-corrected chi connectivity index (χ3v) is 9.33. The molecule has 0 spiro atoms. The Morgan fingerprint density at radius 2 is 1.41 bits per heavy atom. The molecule has 0 saturated heterocycles. The van der Waals surface area contributed by atoms with E-state index in [9.17, 15) is 23.1 Å². The van der Waals surface area contributed by atoms with Crippen LogP contribution >= 0.6 is 11.3 Å². The number of benzene rings is 5. The van der Waals surface area contributed by atoms with Crippen molar-refractivity contribution in [2.24, 2.45) is 0 Å². The van der Waals surface area contributed by atoms with Crippen LogP contribution in [0.3, 0.4) is 0 Å². The summed E-state index contributed by atoms with van der Waals surface area (Å²) in [4.78, 5) is 14.6. The van der Waals surface area contributed by atoms with Crippen molar-refractivity contribution in [2.75, 3.05) is 18.1 Å². The number of aliphatic carboxylic acids is 1. The van der Waals surface area contributed by atoms with Gasteiger partial charge in [-0.05, 0) is 64.6 Å². The first-order valence-corrected chi connectivity index (χ1v) is 16.0. The van der Waals surface area contributed by atoms with Crippen LogP contribution in [0.1, 0.15) is 11.1 Å². The molecule has 2 heterocycles. The second-order valence-electron chi connectivity index (χ2n) is 11.1. The lowest BCUT2D eigenvalue weighted by Gasteiger charge is -2.27. The van der Waals surface area contributed by atoms with E-state index in [1.807, 2.05) is 72.8 Å². The number of thiophene rings is 1. The number of halogens is 3. The van der Waals surface area contributed by atoms with Crippen LogP contribution in [0.25, 0.3) is 37.7 Å². The predicted octanol–water partition coefficient (Wildman–Crippen LogP) is 10.5. The van der Waals surface area contributed by atoms with Crippen molar-refractivity contribution in [3.8, 4) is 38.4 Å². The Labute approximate surface area is 283 Å². The molecule has 0 radical (unpaired) electrons. The summed E-state index contributed by atoms with van der Waals surface area (Å²) in [6.45, 7) is 0.504. The van der Waals surface area contributed by atoms with E-state index in [0.717, 1.165) is 51.6 Å². The molecule has 7 rings (SSSR count). The molecule has 0 unspecified atom stereocenters. The van der Waals surface area contributed by atoms with Crippen molar-refractivity contribution in [2.45, 2.75) is 6.18 Å². The van der Waals surface area contributed by atoms with Crippen molar-refractivity contribution >= 4 is 51.2 Å². The second kappa shape index (κ2) is 12.9. The molecule has 1 aromatic heterocycles. The van der Waals surface area contributed by atoms with Gasteiger partial charge in [0.2, 0.25) is 0 Å². The maximum absolute atomic E-state index is 14.2. The predicted molar refractivity (Wildman–Crippen MR) is 185 cm³/mol. The van der Waals surface area contributed by atoms with E-state index < -0.39 is 28.8 Å². The number of alkyl halides is 3. The first-order chi connectivity index (χ1) is 23.7. The lowest BCUT2D eigenvalue weighted by atomic mass is 10.00. The Kier molecular flexibility index (Phi) is 8.28. The minimum absolute atomic E-state index is 0.221. The van der Waals surface area contributed by atoms with Crippen molar-refractivity contribution in [3.05, 3.63) is 132 Å². The van der Waals surface area contributed by atoms with Crippen LogP contribution in [-0.4, -0.2) is 24.3 Å². The third-order valence-electron chi connectivity index (χ3n) is 8.08. The van der Waals surface area contributed by atoms with Gasteiger partial charge < -0.3 is 19.5 Å². The van der Waals surface area contributed by atoms with Crippen LogP contribution in [0.2, 0.25) is 0 Å². The molecule has 1 N–H and O–H groups in total. The zero-order valence-electron chi connectivity index (χ0n) is 25.6.